The summed E-state index contributed by atoms with van der Waals surface area (Å²) in [5.74, 6) is 0.532. The van der Waals surface area contributed by atoms with Crippen molar-refractivity contribution in [2.24, 2.45) is 5.73 Å². The Labute approximate surface area is 164 Å². The number of rotatable bonds is 5. The average Bonchev–Trinajstić information content (AvgIpc) is 3.16. The maximum atomic E-state index is 13.2. The van der Waals surface area contributed by atoms with Crippen molar-refractivity contribution in [1.29, 1.82) is 0 Å². The first-order chi connectivity index (χ1) is 13.1. The number of primary amides is 1. The molecular weight excluding hydrogens is 378 g/mol. The molecule has 0 unspecified atom stereocenters. The minimum Gasteiger partial charge on any atom is -0.384 e. The lowest BCUT2D eigenvalue weighted by atomic mass is 10.1. The number of anilines is 2. The van der Waals surface area contributed by atoms with E-state index in [1.165, 1.54) is 6.07 Å². The summed E-state index contributed by atoms with van der Waals surface area (Å²) in [5, 5.41) is 2.13. The molecule has 1 aliphatic carbocycles. The summed E-state index contributed by atoms with van der Waals surface area (Å²) in [4.78, 5) is 19.7. The van der Waals surface area contributed by atoms with Crippen molar-refractivity contribution in [2.45, 2.75) is 49.5 Å². The lowest BCUT2D eigenvalue weighted by molar-refractivity contribution is 0.259. The SMILES string of the molecule is CC(C)(c1cc(N)nc(-c2ccc(NC(N)=O)cc2)n1)S(=O)(=O)C1CCCC1. The number of amides is 2. The van der Waals surface area contributed by atoms with Crippen LogP contribution in [0.25, 0.3) is 11.4 Å². The Hall–Kier alpha value is -2.68. The molecule has 28 heavy (non-hydrogen) atoms. The molecule has 1 aliphatic rings. The van der Waals surface area contributed by atoms with Crippen LogP contribution < -0.4 is 16.8 Å². The molecule has 1 aromatic heterocycles. The van der Waals surface area contributed by atoms with E-state index in [9.17, 15) is 13.2 Å². The van der Waals surface area contributed by atoms with E-state index in [0.717, 1.165) is 12.8 Å². The number of nitrogens with one attached hydrogen (secondary N) is 1. The van der Waals surface area contributed by atoms with E-state index in [1.807, 2.05) is 0 Å². The molecule has 9 heteroatoms. The van der Waals surface area contributed by atoms with Gasteiger partial charge in [0, 0.05) is 17.3 Å². The summed E-state index contributed by atoms with van der Waals surface area (Å²) in [6.45, 7) is 3.35. The Morgan fingerprint density at radius 3 is 2.32 bits per heavy atom. The molecule has 0 saturated heterocycles. The molecule has 8 nitrogen and oxygen atoms in total. The van der Waals surface area contributed by atoms with Gasteiger partial charge in [-0.3, -0.25) is 0 Å². The zero-order valence-corrected chi connectivity index (χ0v) is 16.8. The predicted octanol–water partition coefficient (Wildman–Crippen LogP) is 2.81. The van der Waals surface area contributed by atoms with E-state index in [4.69, 9.17) is 11.5 Å². The normalized spacial score (nSPS) is 15.5. The number of nitrogen functional groups attached to an aromatic ring is 1. The fourth-order valence-corrected chi connectivity index (χ4v) is 5.69. The highest BCUT2D eigenvalue weighted by molar-refractivity contribution is 7.92. The van der Waals surface area contributed by atoms with Gasteiger partial charge in [0.2, 0.25) is 0 Å². The summed E-state index contributed by atoms with van der Waals surface area (Å²) in [6, 6.07) is 7.61. The van der Waals surface area contributed by atoms with Crippen LogP contribution in [-0.2, 0) is 14.6 Å². The molecule has 0 aliphatic heterocycles. The second-order valence-corrected chi connectivity index (χ2v) is 10.3. The summed E-state index contributed by atoms with van der Waals surface area (Å²) in [7, 11) is -3.43. The fourth-order valence-electron chi connectivity index (χ4n) is 3.51. The molecule has 1 saturated carbocycles. The van der Waals surface area contributed by atoms with Crippen LogP contribution in [0.3, 0.4) is 0 Å². The number of benzene rings is 1. The molecule has 2 amide bonds. The zero-order chi connectivity index (χ0) is 20.5. The Morgan fingerprint density at radius 1 is 1.14 bits per heavy atom. The monoisotopic (exact) mass is 403 g/mol. The van der Waals surface area contributed by atoms with Gasteiger partial charge in [0.15, 0.2) is 15.7 Å². The second-order valence-electron chi connectivity index (χ2n) is 7.53. The topological polar surface area (TPSA) is 141 Å². The number of nitrogens with two attached hydrogens (primary N) is 2. The highest BCUT2D eigenvalue weighted by Crippen LogP contribution is 2.38. The smallest absolute Gasteiger partial charge is 0.316 e. The molecule has 3 rings (SSSR count). The number of carbonyl (C=O) groups excluding carboxylic acids is 1. The first-order valence-corrected chi connectivity index (χ1v) is 10.7. The Bertz CT molecular complexity index is 981. The third kappa shape index (κ3) is 3.80. The molecule has 5 N–H and O–H groups in total. The van der Waals surface area contributed by atoms with Crippen molar-refractivity contribution in [3.63, 3.8) is 0 Å². The van der Waals surface area contributed by atoms with Gasteiger partial charge in [0.05, 0.1) is 10.9 Å². The third-order valence-electron chi connectivity index (χ3n) is 5.23. The standard InChI is InChI=1S/C19H25N5O3S/c1-19(2,28(26,27)14-5-3-4-6-14)15-11-16(20)24-17(23-15)12-7-9-13(10-8-12)22-18(21)25/h7-11,14H,3-6H2,1-2H3,(H2,20,23,24)(H3,21,22,25). The van der Waals surface area contributed by atoms with E-state index in [2.05, 4.69) is 15.3 Å². The number of hydrogen-bond donors (Lipinski definition) is 3. The van der Waals surface area contributed by atoms with Crippen molar-refractivity contribution in [3.8, 4) is 11.4 Å². The van der Waals surface area contributed by atoms with Gasteiger partial charge < -0.3 is 16.8 Å². The van der Waals surface area contributed by atoms with Crippen LogP contribution in [0.5, 0.6) is 0 Å². The maximum absolute atomic E-state index is 13.2. The minimum atomic E-state index is -3.43. The molecule has 0 atom stereocenters. The van der Waals surface area contributed by atoms with Crippen LogP contribution in [-0.4, -0.2) is 29.7 Å². The number of nitrogens with zero attached hydrogens (tertiary/aromatic N) is 2. The first-order valence-electron chi connectivity index (χ1n) is 9.16. The highest BCUT2D eigenvalue weighted by Gasteiger charge is 2.44. The van der Waals surface area contributed by atoms with Crippen LogP contribution in [0.15, 0.2) is 30.3 Å². The molecule has 0 spiro atoms. The molecule has 1 aromatic carbocycles. The minimum absolute atomic E-state index is 0.203. The third-order valence-corrected chi connectivity index (χ3v) is 8.21. The van der Waals surface area contributed by atoms with E-state index < -0.39 is 20.6 Å². The Morgan fingerprint density at radius 2 is 1.75 bits per heavy atom. The van der Waals surface area contributed by atoms with Gasteiger partial charge in [0.25, 0.3) is 0 Å². The fraction of sp³-hybridized carbons (Fsp3) is 0.421. The molecule has 0 radical (unpaired) electrons. The summed E-state index contributed by atoms with van der Waals surface area (Å²) < 4.78 is 25.2. The van der Waals surface area contributed by atoms with Crippen molar-refractivity contribution in [2.75, 3.05) is 11.1 Å². The summed E-state index contributed by atoms with van der Waals surface area (Å²) >= 11 is 0. The van der Waals surface area contributed by atoms with Gasteiger partial charge in [0.1, 0.15) is 10.6 Å². The van der Waals surface area contributed by atoms with E-state index in [0.29, 0.717) is 35.6 Å². The maximum Gasteiger partial charge on any atom is 0.316 e. The second kappa shape index (κ2) is 7.38. The number of sulfone groups is 1. The molecule has 1 heterocycles. The van der Waals surface area contributed by atoms with Crippen LogP contribution in [0.2, 0.25) is 0 Å². The zero-order valence-electron chi connectivity index (χ0n) is 16.0. The molecular formula is C19H25N5O3S. The molecule has 150 valence electrons. The molecule has 0 bridgehead atoms. The van der Waals surface area contributed by atoms with Crippen molar-refractivity contribution < 1.29 is 13.2 Å². The highest BCUT2D eigenvalue weighted by atomic mass is 32.2. The van der Waals surface area contributed by atoms with Gasteiger partial charge >= 0.3 is 6.03 Å². The van der Waals surface area contributed by atoms with Gasteiger partial charge in [-0.1, -0.05) is 12.8 Å². The van der Waals surface area contributed by atoms with Crippen molar-refractivity contribution in [3.05, 3.63) is 36.0 Å². The van der Waals surface area contributed by atoms with Crippen molar-refractivity contribution >= 4 is 27.4 Å². The van der Waals surface area contributed by atoms with Crippen LogP contribution in [0.1, 0.15) is 45.2 Å². The van der Waals surface area contributed by atoms with Gasteiger partial charge in [-0.2, -0.15) is 0 Å². The largest absolute Gasteiger partial charge is 0.384 e. The number of aromatic nitrogens is 2. The number of carbonyl (C=O) groups is 1. The quantitative estimate of drug-likeness (QED) is 0.701. The van der Waals surface area contributed by atoms with Crippen molar-refractivity contribution in [1.82, 2.24) is 9.97 Å². The molecule has 2 aromatic rings. The van der Waals surface area contributed by atoms with Gasteiger partial charge in [-0.25, -0.2) is 23.2 Å². The molecule has 1 fully saturated rings. The van der Waals surface area contributed by atoms with E-state index in [1.54, 1.807) is 38.1 Å². The van der Waals surface area contributed by atoms with Gasteiger partial charge in [-0.15, -0.1) is 0 Å². The van der Waals surface area contributed by atoms with Gasteiger partial charge in [-0.05, 0) is 51.0 Å². The predicted molar refractivity (Wildman–Crippen MR) is 109 cm³/mol. The van der Waals surface area contributed by atoms with Crippen LogP contribution >= 0.6 is 0 Å². The average molecular weight is 404 g/mol. The van der Waals surface area contributed by atoms with Crippen LogP contribution in [0.4, 0.5) is 16.3 Å². The summed E-state index contributed by atoms with van der Waals surface area (Å²) in [5.41, 5.74) is 12.6. The first kappa shape index (κ1) is 20.1. The number of hydrogen-bond acceptors (Lipinski definition) is 6. The van der Waals surface area contributed by atoms with Crippen LogP contribution in [0, 0.1) is 0 Å². The van der Waals surface area contributed by atoms with E-state index in [-0.39, 0.29) is 11.1 Å². The number of urea groups is 1. The van der Waals surface area contributed by atoms with E-state index >= 15 is 0 Å². The Balaban J connectivity index is 1.98. The lowest BCUT2D eigenvalue weighted by Crippen LogP contribution is -2.37. The Kier molecular flexibility index (Phi) is 5.29. The summed E-state index contributed by atoms with van der Waals surface area (Å²) in [6.07, 6.45) is 3.24. The lowest BCUT2D eigenvalue weighted by Gasteiger charge is -2.28.